The number of aromatic hydroxyl groups is 1. The number of carbonyl (C=O) groups is 2. The number of hydrogen-bond acceptors (Lipinski definition) is 6. The maximum Gasteiger partial charge on any atom is 0.341 e. The van der Waals surface area contributed by atoms with Crippen LogP contribution in [0.5, 0.6) is 5.75 Å². The third-order valence-corrected chi connectivity index (χ3v) is 6.38. The Hall–Kier alpha value is -1.65. The third kappa shape index (κ3) is 5.03. The summed E-state index contributed by atoms with van der Waals surface area (Å²) in [6, 6.07) is 5.31. The van der Waals surface area contributed by atoms with Crippen molar-refractivity contribution in [2.75, 3.05) is 11.9 Å². The molecule has 1 heterocycles. The van der Waals surface area contributed by atoms with E-state index in [0.29, 0.717) is 19.7 Å². The second kappa shape index (κ2) is 9.71. The average Bonchev–Trinajstić information content (AvgIpc) is 2.90. The molecule has 0 saturated carbocycles. The lowest BCUT2D eigenvalue weighted by Crippen LogP contribution is -2.16. The summed E-state index contributed by atoms with van der Waals surface area (Å²) in [5.41, 5.74) is 1.20. The number of nitrogens with one attached hydrogen (secondary N) is 1. The zero-order valence-corrected chi connectivity index (χ0v) is 20.4. The van der Waals surface area contributed by atoms with Crippen molar-refractivity contribution in [1.29, 1.82) is 5.26 Å². The van der Waals surface area contributed by atoms with Crippen molar-refractivity contribution in [3.8, 4) is 11.8 Å². The fraction of sp³-hybridized carbons (Fsp3) is 0.211. The van der Waals surface area contributed by atoms with Gasteiger partial charge in [-0.2, -0.15) is 5.26 Å². The summed E-state index contributed by atoms with van der Waals surface area (Å²) in [6.45, 7) is 5.54. The van der Waals surface area contributed by atoms with Crippen LogP contribution < -0.4 is 5.32 Å². The zero-order valence-electron chi connectivity index (χ0n) is 15.2. The number of aryl methyl sites for hydroxylation is 1. The highest BCUT2D eigenvalue weighted by Gasteiger charge is 2.23. The van der Waals surface area contributed by atoms with Crippen LogP contribution in [-0.4, -0.2) is 23.6 Å². The highest BCUT2D eigenvalue weighted by molar-refractivity contribution is 14.1. The Kier molecular flexibility index (Phi) is 7.85. The van der Waals surface area contributed by atoms with Crippen LogP contribution in [0.4, 0.5) is 5.00 Å². The summed E-state index contributed by atoms with van der Waals surface area (Å²) in [4.78, 5) is 25.8. The minimum absolute atomic E-state index is 0.00316. The van der Waals surface area contributed by atoms with Gasteiger partial charge in [-0.15, -0.1) is 11.3 Å². The van der Waals surface area contributed by atoms with Crippen LogP contribution in [-0.2, 0) is 9.53 Å². The number of nitrogens with zero attached hydrogens (tertiary/aromatic N) is 1. The van der Waals surface area contributed by atoms with Crippen molar-refractivity contribution < 1.29 is 19.4 Å². The van der Waals surface area contributed by atoms with Gasteiger partial charge in [-0.3, -0.25) is 4.79 Å². The first kappa shape index (κ1) is 22.6. The van der Waals surface area contributed by atoms with Crippen molar-refractivity contribution in [1.82, 2.24) is 0 Å². The van der Waals surface area contributed by atoms with Gasteiger partial charge in [0.05, 0.1) is 15.7 Å². The minimum atomic E-state index is -0.664. The highest BCUT2D eigenvalue weighted by atomic mass is 127. The maximum atomic E-state index is 12.6. The molecule has 1 aromatic carbocycles. The number of ether oxygens (including phenoxy) is 1. The van der Waals surface area contributed by atoms with Gasteiger partial charge < -0.3 is 15.2 Å². The number of amides is 1. The predicted molar refractivity (Wildman–Crippen MR) is 126 cm³/mol. The highest BCUT2D eigenvalue weighted by Crippen LogP contribution is 2.34. The van der Waals surface area contributed by atoms with E-state index in [1.165, 1.54) is 17.4 Å². The number of hydrogen-bond donors (Lipinski definition) is 2. The molecule has 0 spiro atoms. The Morgan fingerprint density at radius 3 is 2.64 bits per heavy atom. The van der Waals surface area contributed by atoms with E-state index in [0.717, 1.165) is 14.0 Å². The maximum absolute atomic E-state index is 12.6. The summed E-state index contributed by atoms with van der Waals surface area (Å²) < 4.78 is 6.54. The van der Waals surface area contributed by atoms with Crippen molar-refractivity contribution in [3.05, 3.63) is 46.4 Å². The Morgan fingerprint density at radius 2 is 2.04 bits per heavy atom. The molecule has 0 fully saturated rings. The average molecular weight is 622 g/mol. The van der Waals surface area contributed by atoms with E-state index < -0.39 is 11.9 Å². The van der Waals surface area contributed by atoms with Crippen LogP contribution in [0.1, 0.15) is 33.3 Å². The Balaban J connectivity index is 2.40. The summed E-state index contributed by atoms with van der Waals surface area (Å²) in [7, 11) is 0. The number of phenols is 1. The van der Waals surface area contributed by atoms with Crippen molar-refractivity contribution in [3.63, 3.8) is 0 Å². The molecule has 0 atom stereocenters. The zero-order chi connectivity index (χ0) is 21.0. The number of benzene rings is 1. The Bertz CT molecular complexity index is 1020. The first-order valence-corrected chi connectivity index (χ1v) is 11.0. The molecule has 9 heteroatoms. The molecule has 28 heavy (non-hydrogen) atoms. The SMILES string of the molecule is CCOC(=O)c1c(NC(=O)C(C#N)=Cc2cc(I)cc(I)c2O)sc(C)c1C. The number of esters is 1. The van der Waals surface area contributed by atoms with E-state index in [2.05, 4.69) is 27.9 Å². The van der Waals surface area contributed by atoms with Crippen molar-refractivity contribution >= 4 is 79.5 Å². The quantitative estimate of drug-likeness (QED) is 0.212. The third-order valence-electron chi connectivity index (χ3n) is 3.81. The molecule has 1 aromatic heterocycles. The van der Waals surface area contributed by atoms with Crippen LogP contribution in [0.25, 0.3) is 6.08 Å². The summed E-state index contributed by atoms with van der Waals surface area (Å²) >= 11 is 5.31. The lowest BCUT2D eigenvalue weighted by molar-refractivity contribution is -0.112. The molecule has 2 rings (SSSR count). The summed E-state index contributed by atoms with van der Waals surface area (Å²) in [6.07, 6.45) is 1.33. The predicted octanol–water partition coefficient (Wildman–Crippen LogP) is 5.00. The fourth-order valence-electron chi connectivity index (χ4n) is 2.33. The molecule has 0 aliphatic heterocycles. The van der Waals surface area contributed by atoms with Crippen molar-refractivity contribution in [2.45, 2.75) is 20.8 Å². The molecule has 1 amide bonds. The molecule has 6 nitrogen and oxygen atoms in total. The monoisotopic (exact) mass is 622 g/mol. The van der Waals surface area contributed by atoms with Gasteiger partial charge in [-0.05, 0) is 89.7 Å². The standard InChI is InChI=1S/C19H16I2N2O4S/c1-4-27-19(26)15-9(2)10(3)28-18(15)23-17(25)12(8-22)5-11-6-13(20)7-14(21)16(11)24/h5-7,24H,4H2,1-3H3,(H,23,25). The molecular formula is C19H16I2N2O4S. The van der Waals surface area contributed by atoms with Gasteiger partial charge in [0.1, 0.15) is 22.4 Å². The number of thiophene rings is 1. The van der Waals surface area contributed by atoms with Gasteiger partial charge in [0.2, 0.25) is 0 Å². The van der Waals surface area contributed by atoms with Crippen LogP contribution in [0.3, 0.4) is 0 Å². The molecular weight excluding hydrogens is 606 g/mol. The first-order chi connectivity index (χ1) is 13.2. The topological polar surface area (TPSA) is 99.4 Å². The number of halogens is 2. The number of anilines is 1. The Labute approximate surface area is 193 Å². The smallest absolute Gasteiger partial charge is 0.341 e. The van der Waals surface area contributed by atoms with E-state index in [4.69, 9.17) is 4.74 Å². The number of rotatable bonds is 5. The lowest BCUT2D eigenvalue weighted by Gasteiger charge is -2.07. The van der Waals surface area contributed by atoms with Crippen LogP contribution in [0, 0.1) is 32.3 Å². The van der Waals surface area contributed by atoms with E-state index in [1.807, 2.05) is 35.6 Å². The Morgan fingerprint density at radius 1 is 1.36 bits per heavy atom. The number of phenolic OH excluding ortho intramolecular Hbond substituents is 1. The molecule has 146 valence electrons. The number of carbonyl (C=O) groups excluding carboxylic acids is 2. The van der Waals surface area contributed by atoms with Crippen LogP contribution in [0.2, 0.25) is 0 Å². The largest absolute Gasteiger partial charge is 0.506 e. The van der Waals surface area contributed by atoms with E-state index in [1.54, 1.807) is 26.0 Å². The molecule has 2 N–H and O–H groups in total. The van der Waals surface area contributed by atoms with Gasteiger partial charge in [-0.25, -0.2) is 4.79 Å². The van der Waals surface area contributed by atoms with E-state index in [-0.39, 0.29) is 17.9 Å². The van der Waals surface area contributed by atoms with Crippen molar-refractivity contribution in [2.24, 2.45) is 0 Å². The summed E-state index contributed by atoms with van der Waals surface area (Å²) in [5, 5.41) is 22.6. The van der Waals surface area contributed by atoms with Gasteiger partial charge in [-0.1, -0.05) is 0 Å². The lowest BCUT2D eigenvalue weighted by atomic mass is 10.1. The molecule has 0 radical (unpaired) electrons. The fourth-order valence-corrected chi connectivity index (χ4v) is 5.27. The summed E-state index contributed by atoms with van der Waals surface area (Å²) in [5.74, 6) is -1.19. The van der Waals surface area contributed by atoms with Crippen LogP contribution >= 0.6 is 56.5 Å². The van der Waals surface area contributed by atoms with Gasteiger partial charge >= 0.3 is 5.97 Å². The van der Waals surface area contributed by atoms with Crippen LogP contribution in [0.15, 0.2) is 17.7 Å². The van der Waals surface area contributed by atoms with E-state index >= 15 is 0 Å². The molecule has 0 aliphatic carbocycles. The minimum Gasteiger partial charge on any atom is -0.506 e. The second-order valence-electron chi connectivity index (χ2n) is 5.66. The molecule has 0 unspecified atom stereocenters. The molecule has 0 aliphatic rings. The van der Waals surface area contributed by atoms with Gasteiger partial charge in [0.15, 0.2) is 0 Å². The normalized spacial score (nSPS) is 11.1. The first-order valence-electron chi connectivity index (χ1n) is 8.07. The van der Waals surface area contributed by atoms with Gasteiger partial charge in [0.25, 0.3) is 5.91 Å². The molecule has 0 saturated heterocycles. The van der Waals surface area contributed by atoms with Gasteiger partial charge in [0, 0.05) is 14.0 Å². The molecule has 0 bridgehead atoms. The molecule has 2 aromatic rings. The number of nitriles is 1. The van der Waals surface area contributed by atoms with E-state index in [9.17, 15) is 20.0 Å². The second-order valence-corrected chi connectivity index (χ2v) is 9.29.